The third kappa shape index (κ3) is 3.99. The lowest BCUT2D eigenvalue weighted by Gasteiger charge is -2.32. The van der Waals surface area contributed by atoms with E-state index in [1.54, 1.807) is 24.3 Å². The number of aromatic nitrogens is 3. The Balaban J connectivity index is 1.45. The number of amides is 1. The Morgan fingerprint density at radius 1 is 1.25 bits per heavy atom. The summed E-state index contributed by atoms with van der Waals surface area (Å²) in [6.07, 6.45) is 4.57. The SMILES string of the molecule is N#Cc1ccc(O[C@@H]2CCOC[C@H]2NC(=O)c2nnc3n2CCCCC3)cc1. The number of carbonyl (C=O) groups excluding carboxylic acids is 1. The maximum atomic E-state index is 12.9. The number of benzene rings is 1. The van der Waals surface area contributed by atoms with E-state index < -0.39 is 0 Å². The molecule has 1 aromatic carbocycles. The number of nitrogens with zero attached hydrogens (tertiary/aromatic N) is 4. The minimum Gasteiger partial charge on any atom is -0.488 e. The van der Waals surface area contributed by atoms with Crippen molar-refractivity contribution in [2.45, 2.75) is 50.8 Å². The normalized spacial score (nSPS) is 21.8. The fourth-order valence-electron chi connectivity index (χ4n) is 3.66. The second kappa shape index (κ2) is 8.40. The zero-order valence-corrected chi connectivity index (χ0v) is 15.6. The van der Waals surface area contributed by atoms with Gasteiger partial charge in [-0.1, -0.05) is 6.42 Å². The van der Waals surface area contributed by atoms with E-state index in [1.807, 2.05) is 4.57 Å². The van der Waals surface area contributed by atoms with Crippen molar-refractivity contribution in [2.75, 3.05) is 13.2 Å². The Labute approximate surface area is 163 Å². The molecule has 4 rings (SSSR count). The van der Waals surface area contributed by atoms with Crippen molar-refractivity contribution in [1.29, 1.82) is 5.26 Å². The first-order valence-electron chi connectivity index (χ1n) is 9.72. The second-order valence-corrected chi connectivity index (χ2v) is 7.14. The zero-order chi connectivity index (χ0) is 19.3. The molecule has 8 heteroatoms. The Kier molecular flexibility index (Phi) is 5.53. The van der Waals surface area contributed by atoms with E-state index in [0.29, 0.717) is 36.8 Å². The molecule has 0 radical (unpaired) electrons. The van der Waals surface area contributed by atoms with E-state index >= 15 is 0 Å². The van der Waals surface area contributed by atoms with Gasteiger partial charge in [0.2, 0.25) is 5.82 Å². The van der Waals surface area contributed by atoms with Gasteiger partial charge in [0.25, 0.3) is 5.91 Å². The summed E-state index contributed by atoms with van der Waals surface area (Å²) < 4.78 is 13.6. The summed E-state index contributed by atoms with van der Waals surface area (Å²) in [5.74, 6) is 1.67. The molecule has 0 bridgehead atoms. The van der Waals surface area contributed by atoms with Crippen molar-refractivity contribution in [2.24, 2.45) is 0 Å². The summed E-state index contributed by atoms with van der Waals surface area (Å²) in [5, 5.41) is 20.3. The first kappa shape index (κ1) is 18.4. The van der Waals surface area contributed by atoms with Gasteiger partial charge in [-0.25, -0.2) is 0 Å². The molecule has 2 aromatic rings. The molecule has 8 nitrogen and oxygen atoms in total. The average Bonchev–Trinajstić information content (AvgIpc) is 2.98. The molecule has 2 aliphatic heterocycles. The van der Waals surface area contributed by atoms with Crippen LogP contribution in [0.2, 0.25) is 0 Å². The largest absolute Gasteiger partial charge is 0.488 e. The van der Waals surface area contributed by atoms with Gasteiger partial charge >= 0.3 is 0 Å². The molecule has 2 aliphatic rings. The van der Waals surface area contributed by atoms with Gasteiger partial charge in [0.05, 0.1) is 30.9 Å². The van der Waals surface area contributed by atoms with Crippen LogP contribution in [0.15, 0.2) is 24.3 Å². The molecular formula is C20H23N5O3. The van der Waals surface area contributed by atoms with Crippen LogP contribution in [-0.2, 0) is 17.7 Å². The molecule has 3 heterocycles. The molecule has 0 saturated carbocycles. The van der Waals surface area contributed by atoms with Crippen LogP contribution in [0.3, 0.4) is 0 Å². The standard InChI is InChI=1S/C20H23N5O3/c21-12-14-5-7-15(8-6-14)28-17-9-11-27-13-16(17)22-20(26)19-24-23-18-4-2-1-3-10-25(18)19/h5-8,16-17H,1-4,9-11,13H2,(H,22,26)/t16-,17-/m1/s1. The summed E-state index contributed by atoms with van der Waals surface area (Å²) in [6, 6.07) is 8.78. The first-order valence-corrected chi connectivity index (χ1v) is 9.72. The Morgan fingerprint density at radius 3 is 2.93 bits per heavy atom. The molecule has 1 fully saturated rings. The quantitative estimate of drug-likeness (QED) is 0.867. The molecule has 28 heavy (non-hydrogen) atoms. The van der Waals surface area contributed by atoms with Crippen LogP contribution in [-0.4, -0.2) is 46.0 Å². The highest BCUT2D eigenvalue weighted by Gasteiger charge is 2.31. The molecule has 0 unspecified atom stereocenters. The number of carbonyl (C=O) groups is 1. The number of ether oxygens (including phenoxy) is 2. The summed E-state index contributed by atoms with van der Waals surface area (Å²) >= 11 is 0. The van der Waals surface area contributed by atoms with Crippen LogP contribution in [0.25, 0.3) is 0 Å². The number of aryl methyl sites for hydroxylation is 1. The van der Waals surface area contributed by atoms with Crippen molar-refractivity contribution in [3.05, 3.63) is 41.5 Å². The number of fused-ring (bicyclic) bond motifs is 1. The minimum absolute atomic E-state index is 0.211. The van der Waals surface area contributed by atoms with Crippen molar-refractivity contribution in [1.82, 2.24) is 20.1 Å². The molecule has 0 aliphatic carbocycles. The second-order valence-electron chi connectivity index (χ2n) is 7.14. The first-order chi connectivity index (χ1) is 13.7. The zero-order valence-electron chi connectivity index (χ0n) is 15.6. The third-order valence-electron chi connectivity index (χ3n) is 5.19. The monoisotopic (exact) mass is 381 g/mol. The lowest BCUT2D eigenvalue weighted by Crippen LogP contribution is -2.52. The van der Waals surface area contributed by atoms with Gasteiger partial charge in [-0.05, 0) is 37.1 Å². The summed E-state index contributed by atoms with van der Waals surface area (Å²) in [5.41, 5.74) is 0.580. The van der Waals surface area contributed by atoms with Crippen LogP contribution in [0.4, 0.5) is 0 Å². The molecule has 1 amide bonds. The van der Waals surface area contributed by atoms with E-state index in [0.717, 1.165) is 38.1 Å². The summed E-state index contributed by atoms with van der Waals surface area (Å²) in [4.78, 5) is 12.9. The minimum atomic E-state index is -0.282. The Bertz CT molecular complexity index is 871. The predicted molar refractivity (Wildman–Crippen MR) is 99.8 cm³/mol. The molecule has 0 spiro atoms. The van der Waals surface area contributed by atoms with E-state index in [-0.39, 0.29) is 18.1 Å². The van der Waals surface area contributed by atoms with Gasteiger partial charge in [-0.3, -0.25) is 4.79 Å². The fraction of sp³-hybridized carbons (Fsp3) is 0.500. The predicted octanol–water partition coefficient (Wildman–Crippen LogP) is 1.84. The fourth-order valence-corrected chi connectivity index (χ4v) is 3.66. The highest BCUT2D eigenvalue weighted by molar-refractivity contribution is 5.91. The number of nitriles is 1. The maximum absolute atomic E-state index is 12.9. The number of hydrogen-bond donors (Lipinski definition) is 1. The van der Waals surface area contributed by atoms with Crippen molar-refractivity contribution in [3.8, 4) is 11.8 Å². The lowest BCUT2D eigenvalue weighted by atomic mass is 10.1. The molecule has 1 saturated heterocycles. The summed E-state index contributed by atoms with van der Waals surface area (Å²) in [7, 11) is 0. The molecule has 1 aromatic heterocycles. The molecule has 146 valence electrons. The molecular weight excluding hydrogens is 358 g/mol. The van der Waals surface area contributed by atoms with Crippen LogP contribution < -0.4 is 10.1 Å². The van der Waals surface area contributed by atoms with Gasteiger partial charge in [-0.2, -0.15) is 5.26 Å². The van der Waals surface area contributed by atoms with Gasteiger partial charge in [-0.15, -0.1) is 10.2 Å². The molecule has 2 atom stereocenters. The average molecular weight is 381 g/mol. The number of nitrogens with one attached hydrogen (secondary N) is 1. The highest BCUT2D eigenvalue weighted by atomic mass is 16.5. The Morgan fingerprint density at radius 2 is 2.11 bits per heavy atom. The topological polar surface area (TPSA) is 102 Å². The van der Waals surface area contributed by atoms with Gasteiger partial charge in [0.1, 0.15) is 17.7 Å². The van der Waals surface area contributed by atoms with Crippen LogP contribution in [0.5, 0.6) is 5.75 Å². The van der Waals surface area contributed by atoms with Gasteiger partial charge in [0.15, 0.2) is 0 Å². The number of rotatable bonds is 4. The van der Waals surface area contributed by atoms with E-state index in [1.165, 1.54) is 0 Å². The third-order valence-corrected chi connectivity index (χ3v) is 5.19. The van der Waals surface area contributed by atoms with E-state index in [9.17, 15) is 4.79 Å². The van der Waals surface area contributed by atoms with Crippen LogP contribution in [0, 0.1) is 11.3 Å². The Hall–Kier alpha value is -2.92. The van der Waals surface area contributed by atoms with Crippen molar-refractivity contribution >= 4 is 5.91 Å². The smallest absolute Gasteiger partial charge is 0.289 e. The van der Waals surface area contributed by atoms with E-state index in [2.05, 4.69) is 21.6 Å². The van der Waals surface area contributed by atoms with Crippen molar-refractivity contribution < 1.29 is 14.3 Å². The van der Waals surface area contributed by atoms with Crippen LogP contribution >= 0.6 is 0 Å². The van der Waals surface area contributed by atoms with Crippen molar-refractivity contribution in [3.63, 3.8) is 0 Å². The maximum Gasteiger partial charge on any atom is 0.289 e. The van der Waals surface area contributed by atoms with E-state index in [4.69, 9.17) is 14.7 Å². The summed E-state index contributed by atoms with van der Waals surface area (Å²) in [6.45, 7) is 1.73. The van der Waals surface area contributed by atoms with Crippen LogP contribution in [0.1, 0.15) is 47.7 Å². The van der Waals surface area contributed by atoms with Gasteiger partial charge in [0, 0.05) is 19.4 Å². The molecule has 1 N–H and O–H groups in total. The highest BCUT2D eigenvalue weighted by Crippen LogP contribution is 2.20. The lowest BCUT2D eigenvalue weighted by molar-refractivity contribution is -0.00308. The van der Waals surface area contributed by atoms with Gasteiger partial charge < -0.3 is 19.4 Å². The number of hydrogen-bond acceptors (Lipinski definition) is 6.